The number of halogens is 1. The quantitative estimate of drug-likeness (QED) is 0.676. The van der Waals surface area contributed by atoms with Gasteiger partial charge in [-0.1, -0.05) is 0 Å². The first-order valence-electron chi connectivity index (χ1n) is 3.02. The second-order valence-electron chi connectivity index (χ2n) is 2.00. The second-order valence-corrected chi connectivity index (χ2v) is 2.91. The molecule has 5 heteroatoms. The summed E-state index contributed by atoms with van der Waals surface area (Å²) < 4.78 is 4.44. The second kappa shape index (κ2) is 8.17. The molecule has 0 aliphatic rings. The third-order valence-electron chi connectivity index (χ3n) is 1.04. The maximum Gasteiger partial charge on any atom is 0.307 e. The van der Waals surface area contributed by atoms with E-state index < -0.39 is 0 Å². The molecule has 68 valence electrons. The smallest absolute Gasteiger partial charge is 0.307 e. The van der Waals surface area contributed by atoms with Gasteiger partial charge in [0.1, 0.15) is 0 Å². The predicted molar refractivity (Wildman–Crippen MR) is 50.2 cm³/mol. The summed E-state index contributed by atoms with van der Waals surface area (Å²) in [6.07, 6.45) is 2.27. The van der Waals surface area contributed by atoms with Crippen LogP contribution in [-0.2, 0) is 9.53 Å². The Kier molecular flexibility index (Phi) is 10.1. The molecule has 0 bridgehead atoms. The van der Waals surface area contributed by atoms with Crippen LogP contribution in [0.5, 0.6) is 0 Å². The lowest BCUT2D eigenvalue weighted by Gasteiger charge is -2.06. The van der Waals surface area contributed by atoms with Crippen LogP contribution in [0, 0.1) is 0 Å². The standard InChI is InChI=1S/C6H13NO2S.ClH/c1-9-6(8)3-5(7)4-10-2;/h5H,3-4,7H2,1-2H3;1H/t5-;/m1./s1. The van der Waals surface area contributed by atoms with Crippen molar-refractivity contribution in [3.63, 3.8) is 0 Å². The van der Waals surface area contributed by atoms with Gasteiger partial charge in [-0.15, -0.1) is 12.4 Å². The number of carbonyl (C=O) groups is 1. The van der Waals surface area contributed by atoms with Gasteiger partial charge < -0.3 is 10.5 Å². The fraction of sp³-hybridized carbons (Fsp3) is 0.833. The van der Waals surface area contributed by atoms with Gasteiger partial charge in [0.15, 0.2) is 0 Å². The lowest BCUT2D eigenvalue weighted by Crippen LogP contribution is -2.26. The number of hydrogen-bond acceptors (Lipinski definition) is 4. The molecule has 2 N–H and O–H groups in total. The zero-order chi connectivity index (χ0) is 7.98. The topological polar surface area (TPSA) is 52.3 Å². The number of rotatable bonds is 4. The molecule has 3 nitrogen and oxygen atoms in total. The van der Waals surface area contributed by atoms with Gasteiger partial charge in [-0.2, -0.15) is 11.8 Å². The zero-order valence-corrected chi connectivity index (χ0v) is 8.33. The van der Waals surface area contributed by atoms with Crippen molar-refractivity contribution in [1.82, 2.24) is 0 Å². The molecule has 0 saturated heterocycles. The van der Waals surface area contributed by atoms with Crippen LogP contribution in [0.15, 0.2) is 0 Å². The highest BCUT2D eigenvalue weighted by atomic mass is 35.5. The van der Waals surface area contributed by atoms with Crippen LogP contribution in [0.4, 0.5) is 0 Å². The molecule has 0 saturated carbocycles. The first-order chi connectivity index (χ1) is 4.70. The number of esters is 1. The van der Waals surface area contributed by atoms with Gasteiger partial charge in [-0.05, 0) is 6.26 Å². The van der Waals surface area contributed by atoms with E-state index in [1.807, 2.05) is 6.26 Å². The van der Waals surface area contributed by atoms with Crippen molar-refractivity contribution in [3.8, 4) is 0 Å². The van der Waals surface area contributed by atoms with Crippen molar-refractivity contribution in [1.29, 1.82) is 0 Å². The first kappa shape index (κ1) is 13.6. The van der Waals surface area contributed by atoms with Gasteiger partial charge in [-0.25, -0.2) is 0 Å². The molecule has 0 unspecified atom stereocenters. The van der Waals surface area contributed by atoms with Gasteiger partial charge in [0.25, 0.3) is 0 Å². The minimum atomic E-state index is -0.235. The molecular weight excluding hydrogens is 186 g/mol. The Morgan fingerprint density at radius 3 is 2.64 bits per heavy atom. The van der Waals surface area contributed by atoms with E-state index in [0.29, 0.717) is 6.42 Å². The first-order valence-corrected chi connectivity index (χ1v) is 4.41. The largest absolute Gasteiger partial charge is 0.469 e. The zero-order valence-electron chi connectivity index (χ0n) is 6.70. The molecule has 0 aliphatic carbocycles. The highest BCUT2D eigenvalue weighted by Crippen LogP contribution is 1.99. The molecule has 0 fully saturated rings. The van der Waals surface area contributed by atoms with Crippen molar-refractivity contribution in [2.75, 3.05) is 19.1 Å². The van der Waals surface area contributed by atoms with Crippen LogP contribution in [0.1, 0.15) is 6.42 Å². The average Bonchev–Trinajstić information content (AvgIpc) is 1.88. The summed E-state index contributed by atoms with van der Waals surface area (Å²) in [6, 6.07) is -0.0672. The molecule has 0 aromatic carbocycles. The third-order valence-corrected chi connectivity index (χ3v) is 1.80. The average molecular weight is 200 g/mol. The third kappa shape index (κ3) is 7.97. The van der Waals surface area contributed by atoms with Gasteiger partial charge in [0.2, 0.25) is 0 Å². The molecule has 0 spiro atoms. The summed E-state index contributed by atoms with van der Waals surface area (Å²) in [5.74, 6) is 0.566. The summed E-state index contributed by atoms with van der Waals surface area (Å²) in [7, 11) is 1.37. The Hall–Kier alpha value is 0.0700. The minimum absolute atomic E-state index is 0. The van der Waals surface area contributed by atoms with Gasteiger partial charge in [0, 0.05) is 11.8 Å². The van der Waals surface area contributed by atoms with Crippen LogP contribution in [0.25, 0.3) is 0 Å². The lowest BCUT2D eigenvalue weighted by atomic mass is 10.2. The molecule has 0 aromatic rings. The van der Waals surface area contributed by atoms with Crippen molar-refractivity contribution < 1.29 is 9.53 Å². The van der Waals surface area contributed by atoms with Crippen molar-refractivity contribution in [2.45, 2.75) is 12.5 Å². The van der Waals surface area contributed by atoms with Crippen LogP contribution < -0.4 is 5.73 Å². The van der Waals surface area contributed by atoms with Gasteiger partial charge in [0.05, 0.1) is 13.5 Å². The summed E-state index contributed by atoms with van der Waals surface area (Å²) in [5, 5.41) is 0. The summed E-state index contributed by atoms with van der Waals surface area (Å²) >= 11 is 1.63. The van der Waals surface area contributed by atoms with E-state index >= 15 is 0 Å². The normalized spacial score (nSPS) is 11.5. The molecule has 11 heavy (non-hydrogen) atoms. The number of thioether (sulfide) groups is 1. The Bertz CT molecular complexity index is 113. The maximum absolute atomic E-state index is 10.6. The van der Waals surface area contributed by atoms with E-state index in [-0.39, 0.29) is 24.4 Å². The van der Waals surface area contributed by atoms with E-state index in [4.69, 9.17) is 5.73 Å². The molecule has 0 aliphatic heterocycles. The van der Waals surface area contributed by atoms with Crippen molar-refractivity contribution in [2.24, 2.45) is 5.73 Å². The number of carbonyl (C=O) groups excluding carboxylic acids is 1. The van der Waals surface area contributed by atoms with Crippen LogP contribution in [0.2, 0.25) is 0 Å². The summed E-state index contributed by atoms with van der Waals surface area (Å²) in [4.78, 5) is 10.6. The Morgan fingerprint density at radius 2 is 2.27 bits per heavy atom. The highest BCUT2D eigenvalue weighted by molar-refractivity contribution is 7.98. The van der Waals surface area contributed by atoms with Crippen LogP contribution in [0.3, 0.4) is 0 Å². The maximum atomic E-state index is 10.6. The minimum Gasteiger partial charge on any atom is -0.469 e. The number of ether oxygens (including phenoxy) is 1. The summed E-state index contributed by atoms with van der Waals surface area (Å²) in [6.45, 7) is 0. The molecular formula is C6H14ClNO2S. The molecule has 0 heterocycles. The molecule has 0 aromatic heterocycles. The summed E-state index contributed by atoms with van der Waals surface area (Å²) in [5.41, 5.74) is 5.54. The predicted octanol–water partition coefficient (Wildman–Crippen LogP) is 0.662. The van der Waals surface area contributed by atoms with E-state index in [9.17, 15) is 4.79 Å². The van der Waals surface area contributed by atoms with Crippen LogP contribution >= 0.6 is 24.2 Å². The lowest BCUT2D eigenvalue weighted by molar-refractivity contribution is -0.140. The monoisotopic (exact) mass is 199 g/mol. The van der Waals surface area contributed by atoms with E-state index in [1.165, 1.54) is 7.11 Å². The van der Waals surface area contributed by atoms with Gasteiger partial charge in [-0.3, -0.25) is 4.79 Å². The number of nitrogens with two attached hydrogens (primary N) is 1. The van der Waals surface area contributed by atoms with E-state index in [2.05, 4.69) is 4.74 Å². The van der Waals surface area contributed by atoms with Gasteiger partial charge >= 0.3 is 5.97 Å². The van der Waals surface area contributed by atoms with Crippen LogP contribution in [-0.4, -0.2) is 31.1 Å². The Morgan fingerprint density at radius 1 is 1.73 bits per heavy atom. The molecule has 0 amide bonds. The fourth-order valence-corrected chi connectivity index (χ4v) is 1.12. The highest BCUT2D eigenvalue weighted by Gasteiger charge is 2.07. The number of hydrogen-bond donors (Lipinski definition) is 1. The van der Waals surface area contributed by atoms with Crippen molar-refractivity contribution >= 4 is 30.1 Å². The fourth-order valence-electron chi connectivity index (χ4n) is 0.570. The van der Waals surface area contributed by atoms with E-state index in [1.54, 1.807) is 11.8 Å². The molecule has 0 radical (unpaired) electrons. The SMILES string of the molecule is COC(=O)C[C@@H](N)CSC.Cl. The Labute approximate surface area is 77.5 Å². The molecule has 1 atom stereocenters. The van der Waals surface area contributed by atoms with Crippen molar-refractivity contribution in [3.05, 3.63) is 0 Å². The molecule has 0 rings (SSSR count). The Balaban J connectivity index is 0. The number of methoxy groups -OCH3 is 1. The van der Waals surface area contributed by atoms with E-state index in [0.717, 1.165) is 5.75 Å².